The van der Waals surface area contributed by atoms with E-state index in [4.69, 9.17) is 18.6 Å². The van der Waals surface area contributed by atoms with Gasteiger partial charge in [-0.3, -0.25) is 13.8 Å². The van der Waals surface area contributed by atoms with Gasteiger partial charge in [-0.25, -0.2) is 4.68 Å². The third-order valence-corrected chi connectivity index (χ3v) is 5.80. The number of ether oxygens (including phenoxy) is 2. The van der Waals surface area contributed by atoms with Crippen molar-refractivity contribution >= 4 is 20.2 Å². The first kappa shape index (κ1) is 24.6. The summed E-state index contributed by atoms with van der Waals surface area (Å²) in [4.78, 5) is 0. The number of hydrogen-bond acceptors (Lipinski definition) is 12. The van der Waals surface area contributed by atoms with Gasteiger partial charge in [-0.15, -0.1) is 10.2 Å². The molecule has 0 bridgehead atoms. The summed E-state index contributed by atoms with van der Waals surface area (Å²) >= 11 is 0. The maximum absolute atomic E-state index is 10.9. The predicted molar refractivity (Wildman–Crippen MR) is 102 cm³/mol. The monoisotopic (exact) mass is 498 g/mol. The Morgan fingerprint density at radius 3 is 2.25 bits per heavy atom. The highest BCUT2D eigenvalue weighted by Gasteiger charge is 2.43. The summed E-state index contributed by atoms with van der Waals surface area (Å²) in [6.45, 7) is -0.243. The van der Waals surface area contributed by atoms with Gasteiger partial charge >= 0.3 is 0 Å². The van der Waals surface area contributed by atoms with Crippen LogP contribution < -0.4 is 0 Å². The van der Waals surface area contributed by atoms with Gasteiger partial charge in [-0.05, 0) is 0 Å². The molecule has 4 atom stereocenters. The second kappa shape index (κ2) is 9.83. The third-order valence-electron chi connectivity index (χ3n) is 4.44. The van der Waals surface area contributed by atoms with E-state index in [2.05, 4.69) is 20.6 Å². The number of aliphatic hydroxyl groups is 2. The molecule has 0 aromatic carbocycles. The van der Waals surface area contributed by atoms with Crippen molar-refractivity contribution in [3.05, 3.63) is 23.8 Å². The second-order valence-corrected chi connectivity index (χ2v) is 10.2. The van der Waals surface area contributed by atoms with Crippen LogP contribution in [0, 0.1) is 0 Å². The first-order valence-electron chi connectivity index (χ1n) is 9.17. The van der Waals surface area contributed by atoms with E-state index in [9.17, 15) is 27.0 Å². The van der Waals surface area contributed by atoms with Crippen LogP contribution in [0.2, 0.25) is 0 Å². The molecule has 4 N–H and O–H groups in total. The van der Waals surface area contributed by atoms with Crippen molar-refractivity contribution in [3.8, 4) is 0 Å². The lowest BCUT2D eigenvalue weighted by atomic mass is 10.1. The number of aryl methyl sites for hydroxylation is 1. The highest BCUT2D eigenvalue weighted by Crippen LogP contribution is 2.23. The predicted octanol–water partition coefficient (Wildman–Crippen LogP) is -3.15. The van der Waals surface area contributed by atoms with Crippen LogP contribution in [0.15, 0.2) is 12.4 Å². The van der Waals surface area contributed by atoms with E-state index in [-0.39, 0.29) is 32.0 Å². The SMILES string of the molecule is O=S(=O)(O)CCn1cc(COC[C@@H]2O[C@H](Cn3cc(CS(=O)(=O)O)nn3)[C@@H](O)[C@H]2O)nn1. The normalized spacial score (nSPS) is 24.2. The molecule has 1 aliphatic heterocycles. The molecule has 0 spiro atoms. The van der Waals surface area contributed by atoms with Crippen molar-refractivity contribution in [2.45, 2.75) is 49.9 Å². The molecule has 0 saturated carbocycles. The zero-order valence-corrected chi connectivity index (χ0v) is 18.1. The summed E-state index contributed by atoms with van der Waals surface area (Å²) in [6, 6.07) is 0. The summed E-state index contributed by atoms with van der Waals surface area (Å²) in [7, 11) is -8.39. The molecule has 1 saturated heterocycles. The molecule has 3 rings (SSSR count). The lowest BCUT2D eigenvalue weighted by Gasteiger charge is -2.14. The Hall–Kier alpha value is -2.06. The minimum Gasteiger partial charge on any atom is -0.388 e. The van der Waals surface area contributed by atoms with Gasteiger partial charge in [0, 0.05) is 6.20 Å². The van der Waals surface area contributed by atoms with Crippen molar-refractivity contribution in [1.82, 2.24) is 30.0 Å². The number of hydrogen-bond donors (Lipinski definition) is 4. The molecule has 1 fully saturated rings. The summed E-state index contributed by atoms with van der Waals surface area (Å²) in [5.74, 6) is -1.22. The van der Waals surface area contributed by atoms with Crippen LogP contribution in [0.4, 0.5) is 0 Å². The molecule has 2 aromatic rings. The van der Waals surface area contributed by atoms with Gasteiger partial charge in [0.25, 0.3) is 20.2 Å². The Morgan fingerprint density at radius 2 is 1.56 bits per heavy atom. The average Bonchev–Trinajstić information content (AvgIpc) is 3.36. The highest BCUT2D eigenvalue weighted by molar-refractivity contribution is 7.85. The molecule has 0 amide bonds. The molecule has 1 aliphatic rings. The van der Waals surface area contributed by atoms with Crippen LogP contribution in [-0.4, -0.2) is 103 Å². The molecular weight excluding hydrogens is 476 g/mol. The second-order valence-electron chi connectivity index (χ2n) is 7.13. The summed E-state index contributed by atoms with van der Waals surface area (Å²) in [6.07, 6.45) is -1.56. The van der Waals surface area contributed by atoms with E-state index >= 15 is 0 Å². The number of rotatable bonds is 11. The van der Waals surface area contributed by atoms with E-state index in [0.717, 1.165) is 0 Å². The smallest absolute Gasteiger partial charge is 0.270 e. The van der Waals surface area contributed by atoms with E-state index in [1.54, 1.807) is 0 Å². The van der Waals surface area contributed by atoms with E-state index in [1.807, 2.05) is 0 Å². The van der Waals surface area contributed by atoms with Crippen LogP contribution in [0.3, 0.4) is 0 Å². The van der Waals surface area contributed by atoms with E-state index in [0.29, 0.717) is 5.69 Å². The van der Waals surface area contributed by atoms with Crippen molar-refractivity contribution in [3.63, 3.8) is 0 Å². The van der Waals surface area contributed by atoms with Crippen molar-refractivity contribution in [1.29, 1.82) is 0 Å². The van der Waals surface area contributed by atoms with Crippen LogP contribution in [0.25, 0.3) is 0 Å². The summed E-state index contributed by atoms with van der Waals surface area (Å²) in [5.41, 5.74) is 0.379. The molecule has 18 heteroatoms. The van der Waals surface area contributed by atoms with E-state index in [1.165, 1.54) is 21.8 Å². The maximum Gasteiger partial charge on any atom is 0.270 e. The molecule has 0 unspecified atom stereocenters. The summed E-state index contributed by atoms with van der Waals surface area (Å²) < 4.78 is 74.3. The molecule has 2 aromatic heterocycles. The van der Waals surface area contributed by atoms with Crippen molar-refractivity contribution < 1.29 is 45.6 Å². The topological polar surface area (TPSA) is 229 Å². The van der Waals surface area contributed by atoms with Gasteiger partial charge in [0.15, 0.2) is 0 Å². The molecule has 180 valence electrons. The van der Waals surface area contributed by atoms with Gasteiger partial charge < -0.3 is 19.7 Å². The minimum atomic E-state index is -4.26. The quantitative estimate of drug-likeness (QED) is 0.224. The first-order chi connectivity index (χ1) is 14.9. The van der Waals surface area contributed by atoms with Gasteiger partial charge in [0.05, 0.1) is 38.3 Å². The minimum absolute atomic E-state index is 0.00468. The maximum atomic E-state index is 10.9. The molecule has 0 radical (unpaired) electrons. The Balaban J connectivity index is 1.47. The lowest BCUT2D eigenvalue weighted by molar-refractivity contribution is -0.0523. The lowest BCUT2D eigenvalue weighted by Crippen LogP contribution is -2.35. The first-order valence-corrected chi connectivity index (χ1v) is 12.4. The fourth-order valence-electron chi connectivity index (χ4n) is 2.98. The number of aromatic nitrogens is 6. The van der Waals surface area contributed by atoms with E-state index < -0.39 is 56.2 Å². The Morgan fingerprint density at radius 1 is 0.938 bits per heavy atom. The zero-order valence-electron chi connectivity index (χ0n) is 16.4. The Labute approximate surface area is 182 Å². The molecular formula is C14H22N6O10S2. The third kappa shape index (κ3) is 7.24. The fourth-order valence-corrected chi connectivity index (χ4v) is 3.91. The molecule has 3 heterocycles. The largest absolute Gasteiger partial charge is 0.388 e. The van der Waals surface area contributed by atoms with Gasteiger partial charge in [0.1, 0.15) is 41.6 Å². The van der Waals surface area contributed by atoms with Gasteiger partial charge in [-0.1, -0.05) is 10.4 Å². The number of aliphatic hydroxyl groups excluding tert-OH is 2. The Kier molecular flexibility index (Phi) is 7.55. The standard InChI is InChI=1S/C14H22N6O10S2/c21-13-11(5-20-4-10(16-18-20)8-32(26,27)28)30-12(14(13)22)7-29-6-9-3-19(17-15-9)1-2-31(23,24)25/h3-4,11-14,21-22H,1-2,5-8H2,(H,23,24,25)(H,26,27,28)/t11-,12+,13-,14+/m1/s1. The van der Waals surface area contributed by atoms with Crippen LogP contribution in [0.1, 0.15) is 11.4 Å². The van der Waals surface area contributed by atoms with Gasteiger partial charge in [-0.2, -0.15) is 16.8 Å². The molecule has 32 heavy (non-hydrogen) atoms. The van der Waals surface area contributed by atoms with Crippen molar-refractivity contribution in [2.24, 2.45) is 0 Å². The average molecular weight is 498 g/mol. The van der Waals surface area contributed by atoms with Crippen LogP contribution in [0.5, 0.6) is 0 Å². The fraction of sp³-hybridized carbons (Fsp3) is 0.714. The van der Waals surface area contributed by atoms with Crippen molar-refractivity contribution in [2.75, 3.05) is 12.4 Å². The zero-order chi connectivity index (χ0) is 23.5. The molecule has 16 nitrogen and oxygen atoms in total. The molecule has 0 aliphatic carbocycles. The van der Waals surface area contributed by atoms with Crippen LogP contribution >= 0.6 is 0 Å². The van der Waals surface area contributed by atoms with Gasteiger partial charge in [0.2, 0.25) is 0 Å². The number of nitrogens with zero attached hydrogens (tertiary/aromatic N) is 6. The van der Waals surface area contributed by atoms with Crippen LogP contribution in [-0.2, 0) is 55.2 Å². The summed E-state index contributed by atoms with van der Waals surface area (Å²) in [5, 5.41) is 35.2. The Bertz CT molecular complexity index is 1120. The highest BCUT2D eigenvalue weighted by atomic mass is 32.2.